The first-order valence-electron chi connectivity index (χ1n) is 7.54. The third-order valence-corrected chi connectivity index (χ3v) is 3.83. The van der Waals surface area contributed by atoms with Crippen molar-refractivity contribution in [2.45, 2.75) is 18.8 Å². The first-order chi connectivity index (χ1) is 12.5. The predicted molar refractivity (Wildman–Crippen MR) is 88.6 cm³/mol. The van der Waals surface area contributed by atoms with E-state index in [4.69, 9.17) is 11.6 Å². The number of rotatable bonds is 4. The summed E-state index contributed by atoms with van der Waals surface area (Å²) in [6.45, 7) is -0.0241. The van der Waals surface area contributed by atoms with Gasteiger partial charge in [0.15, 0.2) is 0 Å². The topological polar surface area (TPSA) is 41.1 Å². The van der Waals surface area contributed by atoms with E-state index in [1.807, 2.05) is 0 Å². The van der Waals surface area contributed by atoms with Crippen molar-refractivity contribution in [3.05, 3.63) is 64.2 Å². The van der Waals surface area contributed by atoms with Crippen molar-refractivity contribution in [1.29, 1.82) is 0 Å². The minimum Gasteiger partial charge on any atom is -0.338 e. The molecule has 10 heteroatoms. The molecule has 0 aliphatic carbocycles. The number of hydrogen-bond acceptors (Lipinski definition) is 1. The zero-order chi connectivity index (χ0) is 20.2. The Bertz CT molecular complexity index is 820. The van der Waals surface area contributed by atoms with E-state index in [-0.39, 0.29) is 23.7 Å². The number of carbonyl (C=O) groups is 1. The average Bonchev–Trinajstić information content (AvgIpc) is 2.55. The van der Waals surface area contributed by atoms with Crippen LogP contribution in [0, 0.1) is 0 Å². The third kappa shape index (κ3) is 6.06. The molecule has 3 nitrogen and oxygen atoms in total. The SMILES string of the molecule is O=C(NCCc1cccc(C(F)(F)F)c1)Nc1cc(C(F)(F)F)ccc1Cl. The fraction of sp³-hybridized carbons (Fsp3) is 0.235. The van der Waals surface area contributed by atoms with E-state index < -0.39 is 29.5 Å². The molecule has 0 spiro atoms. The summed E-state index contributed by atoms with van der Waals surface area (Å²) in [6.07, 6.45) is -8.96. The van der Waals surface area contributed by atoms with Gasteiger partial charge >= 0.3 is 18.4 Å². The molecular formula is C17H13ClF6N2O. The van der Waals surface area contributed by atoms with Gasteiger partial charge in [0.05, 0.1) is 21.8 Å². The fourth-order valence-electron chi connectivity index (χ4n) is 2.19. The highest BCUT2D eigenvalue weighted by Gasteiger charge is 2.31. The maximum Gasteiger partial charge on any atom is 0.416 e. The molecule has 146 valence electrons. The first kappa shape index (κ1) is 20.9. The Kier molecular flexibility index (Phi) is 6.25. The Morgan fingerprint density at radius 1 is 0.926 bits per heavy atom. The molecule has 2 rings (SSSR count). The number of carbonyl (C=O) groups excluding carboxylic acids is 1. The standard InChI is InChI=1S/C17H13ClF6N2O/c18-13-5-4-12(17(22,23)24)9-14(13)26-15(27)25-7-6-10-2-1-3-11(8-10)16(19,20)21/h1-5,8-9H,6-7H2,(H2,25,26,27). The normalized spacial score (nSPS) is 12.0. The number of anilines is 1. The molecule has 2 aromatic carbocycles. The molecule has 0 aliphatic heterocycles. The Labute approximate surface area is 155 Å². The van der Waals surface area contributed by atoms with Gasteiger partial charge < -0.3 is 10.6 Å². The highest BCUT2D eigenvalue weighted by Crippen LogP contribution is 2.33. The second-order valence-electron chi connectivity index (χ2n) is 5.52. The van der Waals surface area contributed by atoms with Crippen molar-refractivity contribution in [3.8, 4) is 0 Å². The molecule has 0 unspecified atom stereocenters. The number of nitrogens with one attached hydrogen (secondary N) is 2. The molecule has 0 aromatic heterocycles. The van der Waals surface area contributed by atoms with E-state index in [0.717, 1.165) is 24.3 Å². The molecule has 0 bridgehead atoms. The summed E-state index contributed by atoms with van der Waals surface area (Å²) in [6, 6.07) is 6.25. The smallest absolute Gasteiger partial charge is 0.338 e. The van der Waals surface area contributed by atoms with Crippen LogP contribution >= 0.6 is 11.6 Å². The lowest BCUT2D eigenvalue weighted by atomic mass is 10.1. The maximum atomic E-state index is 12.7. The lowest BCUT2D eigenvalue weighted by Gasteiger charge is -2.13. The largest absolute Gasteiger partial charge is 0.416 e. The van der Waals surface area contributed by atoms with E-state index in [9.17, 15) is 31.1 Å². The highest BCUT2D eigenvalue weighted by atomic mass is 35.5. The van der Waals surface area contributed by atoms with E-state index in [0.29, 0.717) is 11.6 Å². The summed E-state index contributed by atoms with van der Waals surface area (Å²) in [4.78, 5) is 11.8. The van der Waals surface area contributed by atoms with Crippen molar-refractivity contribution in [2.75, 3.05) is 11.9 Å². The molecule has 0 aliphatic rings. The van der Waals surface area contributed by atoms with E-state index in [1.54, 1.807) is 0 Å². The summed E-state index contributed by atoms with van der Waals surface area (Å²) < 4.78 is 76.0. The van der Waals surface area contributed by atoms with Crippen molar-refractivity contribution in [1.82, 2.24) is 5.32 Å². The van der Waals surface area contributed by atoms with Gasteiger partial charge in [0.2, 0.25) is 0 Å². The fourth-order valence-corrected chi connectivity index (χ4v) is 2.35. The van der Waals surface area contributed by atoms with Gasteiger partial charge in [-0.15, -0.1) is 0 Å². The number of alkyl halides is 6. The van der Waals surface area contributed by atoms with Crippen LogP contribution in [-0.2, 0) is 18.8 Å². The molecule has 27 heavy (non-hydrogen) atoms. The average molecular weight is 411 g/mol. The molecular weight excluding hydrogens is 398 g/mol. The molecule has 2 amide bonds. The second-order valence-corrected chi connectivity index (χ2v) is 5.93. The van der Waals surface area contributed by atoms with Gasteiger partial charge in [-0.05, 0) is 36.2 Å². The maximum absolute atomic E-state index is 12.7. The van der Waals surface area contributed by atoms with Crippen LogP contribution in [0.2, 0.25) is 5.02 Å². The van der Waals surface area contributed by atoms with E-state index in [2.05, 4.69) is 10.6 Å². The Hall–Kier alpha value is -2.42. The lowest BCUT2D eigenvalue weighted by molar-refractivity contribution is -0.138. The molecule has 2 aromatic rings. The first-order valence-corrected chi connectivity index (χ1v) is 7.92. The monoisotopic (exact) mass is 410 g/mol. The van der Waals surface area contributed by atoms with Crippen molar-refractivity contribution >= 4 is 23.3 Å². The summed E-state index contributed by atoms with van der Waals surface area (Å²) >= 11 is 5.76. The highest BCUT2D eigenvalue weighted by molar-refractivity contribution is 6.33. The van der Waals surface area contributed by atoms with Gasteiger partial charge in [0.1, 0.15) is 0 Å². The van der Waals surface area contributed by atoms with Crippen LogP contribution in [0.5, 0.6) is 0 Å². The zero-order valence-electron chi connectivity index (χ0n) is 13.5. The van der Waals surface area contributed by atoms with Gasteiger partial charge in [0, 0.05) is 6.54 Å². The van der Waals surface area contributed by atoms with Gasteiger partial charge in [-0.25, -0.2) is 4.79 Å². The van der Waals surface area contributed by atoms with E-state index >= 15 is 0 Å². The van der Waals surface area contributed by atoms with Crippen LogP contribution in [0.4, 0.5) is 36.8 Å². The number of halogens is 7. The molecule has 0 saturated carbocycles. The molecule has 0 saturated heterocycles. The van der Waals surface area contributed by atoms with Gasteiger partial charge in [-0.2, -0.15) is 26.3 Å². The van der Waals surface area contributed by atoms with Gasteiger partial charge in [-0.1, -0.05) is 29.8 Å². The number of hydrogen-bond donors (Lipinski definition) is 2. The Morgan fingerprint density at radius 2 is 1.56 bits per heavy atom. The molecule has 0 fully saturated rings. The molecule has 0 atom stereocenters. The minimum absolute atomic E-state index is 0.0241. The Balaban J connectivity index is 1.94. The number of amides is 2. The van der Waals surface area contributed by atoms with Crippen LogP contribution in [-0.4, -0.2) is 12.6 Å². The van der Waals surface area contributed by atoms with Crippen LogP contribution in [0.15, 0.2) is 42.5 Å². The quantitative estimate of drug-likeness (QED) is 0.620. The number of urea groups is 1. The summed E-state index contributed by atoms with van der Waals surface area (Å²) in [7, 11) is 0. The predicted octanol–water partition coefficient (Wildman–Crippen LogP) is 5.74. The molecule has 0 heterocycles. The summed E-state index contributed by atoms with van der Waals surface area (Å²) in [5, 5.41) is 4.45. The second kappa shape index (κ2) is 8.08. The van der Waals surface area contributed by atoms with Gasteiger partial charge in [0.25, 0.3) is 0 Å². The lowest BCUT2D eigenvalue weighted by Crippen LogP contribution is -2.30. The third-order valence-electron chi connectivity index (χ3n) is 3.50. The van der Waals surface area contributed by atoms with E-state index in [1.165, 1.54) is 12.1 Å². The van der Waals surface area contributed by atoms with Crippen molar-refractivity contribution in [3.63, 3.8) is 0 Å². The van der Waals surface area contributed by atoms with Crippen LogP contribution in [0.25, 0.3) is 0 Å². The Morgan fingerprint density at radius 3 is 2.19 bits per heavy atom. The van der Waals surface area contributed by atoms with Crippen LogP contribution in [0.3, 0.4) is 0 Å². The zero-order valence-corrected chi connectivity index (χ0v) is 14.3. The van der Waals surface area contributed by atoms with Crippen molar-refractivity contribution < 1.29 is 31.1 Å². The molecule has 2 N–H and O–H groups in total. The summed E-state index contributed by atoms with van der Waals surface area (Å²) in [5.41, 5.74) is -1.67. The summed E-state index contributed by atoms with van der Waals surface area (Å²) in [5.74, 6) is 0. The van der Waals surface area contributed by atoms with Gasteiger partial charge in [-0.3, -0.25) is 0 Å². The number of benzene rings is 2. The van der Waals surface area contributed by atoms with Crippen LogP contribution in [0.1, 0.15) is 16.7 Å². The minimum atomic E-state index is -4.60. The van der Waals surface area contributed by atoms with Crippen molar-refractivity contribution in [2.24, 2.45) is 0 Å². The molecule has 0 radical (unpaired) electrons. The van der Waals surface area contributed by atoms with Crippen LogP contribution < -0.4 is 10.6 Å².